The number of aromatic nitrogens is 4. The number of methoxy groups -OCH3 is 3. The molecular weight excluding hydrogens is 495 g/mol. The zero-order valence-electron chi connectivity index (χ0n) is 21.6. The van der Waals surface area contributed by atoms with Gasteiger partial charge in [0.25, 0.3) is 0 Å². The number of hydrogen-bond donors (Lipinski definition) is 2. The molecule has 5 rings (SSSR count). The lowest BCUT2D eigenvalue weighted by atomic mass is 9.93. The summed E-state index contributed by atoms with van der Waals surface area (Å²) in [7, 11) is 4.57. The molecule has 0 aliphatic carbocycles. The van der Waals surface area contributed by atoms with Gasteiger partial charge in [0.1, 0.15) is 11.5 Å². The number of halogens is 1. The molecule has 1 aliphatic heterocycles. The molecule has 1 amide bonds. The summed E-state index contributed by atoms with van der Waals surface area (Å²) in [4.78, 5) is 22.6. The van der Waals surface area contributed by atoms with Gasteiger partial charge in [-0.2, -0.15) is 4.52 Å². The number of rotatable bonds is 7. The van der Waals surface area contributed by atoms with Crippen LogP contribution in [0.4, 0.5) is 15.1 Å². The van der Waals surface area contributed by atoms with Crippen molar-refractivity contribution in [1.82, 2.24) is 24.5 Å². The van der Waals surface area contributed by atoms with Gasteiger partial charge in [-0.15, -0.1) is 5.10 Å². The fourth-order valence-electron chi connectivity index (χ4n) is 4.83. The van der Waals surface area contributed by atoms with Crippen molar-refractivity contribution in [1.29, 1.82) is 0 Å². The summed E-state index contributed by atoms with van der Waals surface area (Å²) in [5.41, 5.74) is 1.75. The largest absolute Gasteiger partial charge is 0.497 e. The Hall–Kier alpha value is -4.35. The molecule has 200 valence electrons. The van der Waals surface area contributed by atoms with Gasteiger partial charge in [-0.1, -0.05) is 0 Å². The SMILES string of the molecule is COc1ccc(CNc2nc3cc(OC)c(F)cc3c3nc([C@H]4CC[C@@H](C)N(C(=O)O)C4)nn23)c(OC)c1. The molecule has 0 saturated carbocycles. The molecule has 2 atom stereocenters. The Morgan fingerprint density at radius 2 is 1.89 bits per heavy atom. The summed E-state index contributed by atoms with van der Waals surface area (Å²) < 4.78 is 32.2. The van der Waals surface area contributed by atoms with E-state index in [4.69, 9.17) is 29.3 Å². The molecule has 0 bridgehead atoms. The van der Waals surface area contributed by atoms with Crippen molar-refractivity contribution in [3.63, 3.8) is 0 Å². The van der Waals surface area contributed by atoms with E-state index in [9.17, 15) is 14.3 Å². The van der Waals surface area contributed by atoms with Crippen LogP contribution in [-0.2, 0) is 6.54 Å². The fourth-order valence-corrected chi connectivity index (χ4v) is 4.83. The van der Waals surface area contributed by atoms with Crippen LogP contribution in [0.2, 0.25) is 0 Å². The van der Waals surface area contributed by atoms with Gasteiger partial charge in [0, 0.05) is 48.1 Å². The summed E-state index contributed by atoms with van der Waals surface area (Å²) in [6.07, 6.45) is 0.462. The van der Waals surface area contributed by atoms with Crippen molar-refractivity contribution in [2.45, 2.75) is 38.3 Å². The molecule has 1 saturated heterocycles. The van der Waals surface area contributed by atoms with Gasteiger partial charge in [-0.25, -0.2) is 19.2 Å². The number of amides is 1. The Morgan fingerprint density at radius 3 is 2.61 bits per heavy atom. The average molecular weight is 525 g/mol. The Labute approximate surface area is 218 Å². The monoisotopic (exact) mass is 524 g/mol. The van der Waals surface area contributed by atoms with Crippen molar-refractivity contribution >= 4 is 28.6 Å². The zero-order valence-corrected chi connectivity index (χ0v) is 21.6. The van der Waals surface area contributed by atoms with E-state index in [1.165, 1.54) is 24.1 Å². The molecule has 1 fully saturated rings. The van der Waals surface area contributed by atoms with Crippen molar-refractivity contribution in [2.75, 3.05) is 33.2 Å². The first-order valence-electron chi connectivity index (χ1n) is 12.2. The minimum Gasteiger partial charge on any atom is -0.497 e. The van der Waals surface area contributed by atoms with Crippen LogP contribution in [0.3, 0.4) is 0 Å². The third-order valence-electron chi connectivity index (χ3n) is 6.99. The number of anilines is 1. The van der Waals surface area contributed by atoms with E-state index in [-0.39, 0.29) is 24.3 Å². The third kappa shape index (κ3) is 4.57. The number of hydrogen-bond acceptors (Lipinski definition) is 8. The first kappa shape index (κ1) is 25.3. The number of benzene rings is 2. The average Bonchev–Trinajstić information content (AvgIpc) is 3.37. The van der Waals surface area contributed by atoms with Crippen LogP contribution in [0.5, 0.6) is 17.2 Å². The predicted molar refractivity (Wildman–Crippen MR) is 138 cm³/mol. The minimum atomic E-state index is -0.969. The summed E-state index contributed by atoms with van der Waals surface area (Å²) >= 11 is 0. The Balaban J connectivity index is 1.58. The van der Waals surface area contributed by atoms with Crippen LogP contribution in [0.1, 0.15) is 37.1 Å². The second kappa shape index (κ2) is 10.2. The van der Waals surface area contributed by atoms with E-state index in [2.05, 4.69) is 5.32 Å². The molecule has 2 aromatic heterocycles. The first-order valence-corrected chi connectivity index (χ1v) is 12.2. The van der Waals surface area contributed by atoms with Crippen LogP contribution in [0.15, 0.2) is 30.3 Å². The molecule has 2 aromatic carbocycles. The van der Waals surface area contributed by atoms with Gasteiger partial charge >= 0.3 is 6.09 Å². The highest BCUT2D eigenvalue weighted by atomic mass is 19.1. The summed E-state index contributed by atoms with van der Waals surface area (Å²) in [6.45, 7) is 2.53. The summed E-state index contributed by atoms with van der Waals surface area (Å²) in [5.74, 6) is 1.51. The summed E-state index contributed by atoms with van der Waals surface area (Å²) in [6, 6.07) is 8.28. The van der Waals surface area contributed by atoms with Crippen LogP contribution in [0, 0.1) is 5.82 Å². The lowest BCUT2D eigenvalue weighted by Gasteiger charge is -2.34. The Morgan fingerprint density at radius 1 is 1.11 bits per heavy atom. The molecule has 1 aliphatic rings. The molecule has 2 N–H and O–H groups in total. The summed E-state index contributed by atoms with van der Waals surface area (Å²) in [5, 5.41) is 18.1. The van der Waals surface area contributed by atoms with Crippen LogP contribution in [-0.4, -0.2) is 69.6 Å². The van der Waals surface area contributed by atoms with Gasteiger partial charge < -0.3 is 29.5 Å². The lowest BCUT2D eigenvalue weighted by molar-refractivity contribution is 0.104. The second-order valence-electron chi connectivity index (χ2n) is 9.23. The van der Waals surface area contributed by atoms with Gasteiger partial charge in [-0.05, 0) is 38.0 Å². The number of carboxylic acid groups (broad SMARTS) is 1. The van der Waals surface area contributed by atoms with Crippen molar-refractivity contribution in [3.8, 4) is 17.2 Å². The van der Waals surface area contributed by atoms with E-state index in [1.54, 1.807) is 24.8 Å². The zero-order chi connectivity index (χ0) is 27.0. The van der Waals surface area contributed by atoms with Gasteiger partial charge in [0.15, 0.2) is 23.0 Å². The number of carbonyl (C=O) groups is 1. The first-order chi connectivity index (χ1) is 18.3. The van der Waals surface area contributed by atoms with Crippen molar-refractivity contribution in [2.24, 2.45) is 0 Å². The van der Waals surface area contributed by atoms with Crippen LogP contribution < -0.4 is 19.5 Å². The highest BCUT2D eigenvalue weighted by Crippen LogP contribution is 2.32. The number of nitrogens with zero attached hydrogens (tertiary/aromatic N) is 5. The fraction of sp³-hybridized carbons (Fsp3) is 0.385. The van der Waals surface area contributed by atoms with E-state index in [1.807, 2.05) is 19.1 Å². The van der Waals surface area contributed by atoms with E-state index in [0.29, 0.717) is 52.8 Å². The highest BCUT2D eigenvalue weighted by Gasteiger charge is 2.32. The van der Waals surface area contributed by atoms with Gasteiger partial charge in [0.05, 0.1) is 26.8 Å². The Kier molecular flexibility index (Phi) is 6.79. The number of nitrogens with one attached hydrogen (secondary N) is 1. The smallest absolute Gasteiger partial charge is 0.407 e. The van der Waals surface area contributed by atoms with E-state index < -0.39 is 11.9 Å². The molecular formula is C26H29FN6O5. The van der Waals surface area contributed by atoms with E-state index in [0.717, 1.165) is 12.0 Å². The number of fused-ring (bicyclic) bond motifs is 3. The molecule has 4 aromatic rings. The predicted octanol–water partition coefficient (Wildman–Crippen LogP) is 4.30. The van der Waals surface area contributed by atoms with Gasteiger partial charge in [0.2, 0.25) is 5.95 Å². The molecule has 3 heterocycles. The van der Waals surface area contributed by atoms with Crippen molar-refractivity contribution < 1.29 is 28.5 Å². The Bertz CT molecular complexity index is 1510. The molecule has 0 radical (unpaired) electrons. The number of ether oxygens (including phenoxy) is 3. The molecule has 0 spiro atoms. The molecule has 38 heavy (non-hydrogen) atoms. The number of piperidine rings is 1. The quantitative estimate of drug-likeness (QED) is 0.364. The third-order valence-corrected chi connectivity index (χ3v) is 6.99. The highest BCUT2D eigenvalue weighted by molar-refractivity contribution is 5.93. The van der Waals surface area contributed by atoms with Crippen LogP contribution in [0.25, 0.3) is 16.6 Å². The molecule has 0 unspecified atom stereocenters. The molecule has 11 nitrogen and oxygen atoms in total. The maximum Gasteiger partial charge on any atom is 0.407 e. The topological polar surface area (TPSA) is 123 Å². The second-order valence-corrected chi connectivity index (χ2v) is 9.23. The maximum absolute atomic E-state index is 14.7. The molecule has 12 heteroatoms. The van der Waals surface area contributed by atoms with E-state index >= 15 is 0 Å². The standard InChI is InChI=1S/C26H29FN6O5/c1-14-5-6-16(13-32(14)26(34)35)23-30-24-18-10-19(27)22(38-4)11-20(18)29-25(33(24)31-23)28-12-15-7-8-17(36-2)9-21(15)37-3/h7-11,14,16H,5-6,12-13H2,1-4H3,(H,28,29)(H,34,35)/t14-,16+/m1/s1. The van der Waals surface area contributed by atoms with Gasteiger partial charge in [-0.3, -0.25) is 0 Å². The van der Waals surface area contributed by atoms with Crippen LogP contribution >= 0.6 is 0 Å². The minimum absolute atomic E-state index is 0.0650. The van der Waals surface area contributed by atoms with Crippen molar-refractivity contribution in [3.05, 3.63) is 47.5 Å². The normalized spacial score (nSPS) is 17.6. The lowest BCUT2D eigenvalue weighted by Crippen LogP contribution is -2.44. The number of likely N-dealkylation sites (tertiary alicyclic amines) is 1. The maximum atomic E-state index is 14.7.